The first-order valence-electron chi connectivity index (χ1n) is 7.80. The molecular formula is C16H24N4O. The van der Waals surface area contributed by atoms with E-state index in [9.17, 15) is 4.79 Å². The normalized spacial score (nSPS) is 23.0. The second-order valence-electron chi connectivity index (χ2n) is 6.51. The molecule has 114 valence electrons. The zero-order valence-electron chi connectivity index (χ0n) is 12.9. The van der Waals surface area contributed by atoms with E-state index in [0.717, 1.165) is 50.3 Å². The number of fused-ring (bicyclic) bond motifs is 1. The molecule has 2 aliphatic rings. The van der Waals surface area contributed by atoms with Crippen LogP contribution in [0.15, 0.2) is 6.07 Å². The van der Waals surface area contributed by atoms with Gasteiger partial charge in [0.1, 0.15) is 5.82 Å². The molecule has 0 radical (unpaired) electrons. The first kappa shape index (κ1) is 14.3. The van der Waals surface area contributed by atoms with Crippen LogP contribution in [0.25, 0.3) is 0 Å². The molecule has 0 aliphatic carbocycles. The Morgan fingerprint density at radius 3 is 3.00 bits per heavy atom. The van der Waals surface area contributed by atoms with Gasteiger partial charge in [-0.05, 0) is 37.4 Å². The van der Waals surface area contributed by atoms with Gasteiger partial charge in [0, 0.05) is 38.3 Å². The van der Waals surface area contributed by atoms with Gasteiger partial charge in [-0.2, -0.15) is 0 Å². The summed E-state index contributed by atoms with van der Waals surface area (Å²) in [5, 5.41) is 0. The fraction of sp³-hybridized carbons (Fsp3) is 0.625. The Morgan fingerprint density at radius 1 is 1.43 bits per heavy atom. The van der Waals surface area contributed by atoms with Crippen LogP contribution in [0.5, 0.6) is 0 Å². The van der Waals surface area contributed by atoms with E-state index >= 15 is 0 Å². The van der Waals surface area contributed by atoms with Gasteiger partial charge in [-0.25, -0.2) is 4.98 Å². The summed E-state index contributed by atoms with van der Waals surface area (Å²) < 4.78 is 0. The molecule has 1 amide bonds. The standard InChI is InChI=1S/C16H24N4O/c1-11-4-3-6-20(9-11)16(21)13-8-12-10-19(2)7-5-14(12)18-15(13)17/h8,11H,3-7,9-10H2,1-2H3,(H2,17,18). The SMILES string of the molecule is CC1CCCN(C(=O)c2cc3c(nc2N)CCN(C)C3)C1. The summed E-state index contributed by atoms with van der Waals surface area (Å²) in [5.41, 5.74) is 8.83. The number of nitrogens with two attached hydrogens (primary N) is 1. The number of hydrogen-bond acceptors (Lipinski definition) is 4. The molecule has 1 atom stereocenters. The van der Waals surface area contributed by atoms with Crippen molar-refractivity contribution in [1.82, 2.24) is 14.8 Å². The highest BCUT2D eigenvalue weighted by Gasteiger charge is 2.26. The molecule has 0 aromatic carbocycles. The predicted octanol–water partition coefficient (Wildman–Crippen LogP) is 1.52. The fourth-order valence-corrected chi connectivity index (χ4v) is 3.34. The summed E-state index contributed by atoms with van der Waals surface area (Å²) in [6, 6.07) is 1.97. The Kier molecular flexibility index (Phi) is 3.85. The molecule has 5 nitrogen and oxygen atoms in total. The van der Waals surface area contributed by atoms with Gasteiger partial charge in [0.25, 0.3) is 5.91 Å². The molecule has 1 saturated heterocycles. The van der Waals surface area contributed by atoms with E-state index in [1.165, 1.54) is 6.42 Å². The van der Waals surface area contributed by atoms with Crippen molar-refractivity contribution in [3.05, 3.63) is 22.9 Å². The monoisotopic (exact) mass is 288 g/mol. The summed E-state index contributed by atoms with van der Waals surface area (Å²) in [5.74, 6) is 1.00. The Balaban J connectivity index is 1.87. The van der Waals surface area contributed by atoms with Crippen LogP contribution < -0.4 is 5.73 Å². The van der Waals surface area contributed by atoms with Gasteiger partial charge in [-0.1, -0.05) is 6.92 Å². The van der Waals surface area contributed by atoms with Gasteiger partial charge < -0.3 is 15.5 Å². The van der Waals surface area contributed by atoms with Crippen LogP contribution in [-0.2, 0) is 13.0 Å². The molecule has 3 heterocycles. The summed E-state index contributed by atoms with van der Waals surface area (Å²) in [7, 11) is 2.09. The molecule has 3 rings (SSSR count). The van der Waals surface area contributed by atoms with E-state index < -0.39 is 0 Å². The number of likely N-dealkylation sites (N-methyl/N-ethyl adjacent to an activating group) is 1. The van der Waals surface area contributed by atoms with Crippen molar-refractivity contribution in [2.45, 2.75) is 32.7 Å². The molecule has 21 heavy (non-hydrogen) atoms. The number of carbonyl (C=O) groups excluding carboxylic acids is 1. The topological polar surface area (TPSA) is 62.5 Å². The van der Waals surface area contributed by atoms with E-state index in [2.05, 4.69) is 23.9 Å². The van der Waals surface area contributed by atoms with Crippen LogP contribution in [0.3, 0.4) is 0 Å². The first-order chi connectivity index (χ1) is 10.0. The van der Waals surface area contributed by atoms with Gasteiger partial charge in [0.15, 0.2) is 0 Å². The highest BCUT2D eigenvalue weighted by atomic mass is 16.2. The molecule has 0 saturated carbocycles. The van der Waals surface area contributed by atoms with Crippen molar-refractivity contribution in [2.75, 3.05) is 32.4 Å². The number of piperidine rings is 1. The number of nitrogens with zero attached hydrogens (tertiary/aromatic N) is 3. The van der Waals surface area contributed by atoms with Gasteiger partial charge in [0.05, 0.1) is 5.56 Å². The largest absolute Gasteiger partial charge is 0.383 e. The number of nitrogen functional groups attached to an aromatic ring is 1. The van der Waals surface area contributed by atoms with Crippen LogP contribution in [-0.4, -0.2) is 47.4 Å². The third-order valence-electron chi connectivity index (χ3n) is 4.57. The molecule has 1 unspecified atom stereocenters. The van der Waals surface area contributed by atoms with Crippen molar-refractivity contribution in [2.24, 2.45) is 5.92 Å². The van der Waals surface area contributed by atoms with Crippen LogP contribution in [0, 0.1) is 5.92 Å². The maximum atomic E-state index is 12.7. The number of carbonyl (C=O) groups is 1. The number of anilines is 1. The molecule has 1 fully saturated rings. The smallest absolute Gasteiger partial charge is 0.257 e. The van der Waals surface area contributed by atoms with Gasteiger partial charge in [0.2, 0.25) is 0 Å². The number of amides is 1. The zero-order valence-corrected chi connectivity index (χ0v) is 12.9. The molecule has 1 aromatic rings. The van der Waals surface area contributed by atoms with Crippen molar-refractivity contribution in [1.29, 1.82) is 0 Å². The minimum atomic E-state index is 0.0441. The van der Waals surface area contributed by atoms with Crippen molar-refractivity contribution < 1.29 is 4.79 Å². The van der Waals surface area contributed by atoms with Gasteiger partial charge in [-0.3, -0.25) is 4.79 Å². The molecule has 0 bridgehead atoms. The molecule has 0 spiro atoms. The van der Waals surface area contributed by atoms with Gasteiger partial charge >= 0.3 is 0 Å². The third-order valence-corrected chi connectivity index (χ3v) is 4.57. The number of hydrogen-bond donors (Lipinski definition) is 1. The first-order valence-corrected chi connectivity index (χ1v) is 7.80. The maximum absolute atomic E-state index is 12.7. The quantitative estimate of drug-likeness (QED) is 0.851. The van der Waals surface area contributed by atoms with E-state index in [1.807, 2.05) is 11.0 Å². The second-order valence-corrected chi connectivity index (χ2v) is 6.51. The van der Waals surface area contributed by atoms with E-state index in [-0.39, 0.29) is 5.91 Å². The Morgan fingerprint density at radius 2 is 2.24 bits per heavy atom. The molecular weight excluding hydrogens is 264 g/mol. The lowest BCUT2D eigenvalue weighted by Gasteiger charge is -2.32. The highest BCUT2D eigenvalue weighted by Crippen LogP contribution is 2.24. The van der Waals surface area contributed by atoms with Crippen LogP contribution in [0.2, 0.25) is 0 Å². The van der Waals surface area contributed by atoms with Gasteiger partial charge in [-0.15, -0.1) is 0 Å². The Hall–Kier alpha value is -1.62. The van der Waals surface area contributed by atoms with Crippen molar-refractivity contribution in [3.63, 3.8) is 0 Å². The van der Waals surface area contributed by atoms with Crippen LogP contribution in [0.1, 0.15) is 41.4 Å². The van der Waals surface area contributed by atoms with Crippen LogP contribution in [0.4, 0.5) is 5.82 Å². The Bertz CT molecular complexity index is 557. The Labute approximate surface area is 126 Å². The summed E-state index contributed by atoms with van der Waals surface area (Å²) in [6.07, 6.45) is 3.19. The molecule has 2 N–H and O–H groups in total. The van der Waals surface area contributed by atoms with E-state index in [0.29, 0.717) is 17.3 Å². The molecule has 1 aromatic heterocycles. The predicted molar refractivity (Wildman–Crippen MR) is 83.0 cm³/mol. The highest BCUT2D eigenvalue weighted by molar-refractivity contribution is 5.98. The van der Waals surface area contributed by atoms with E-state index in [4.69, 9.17) is 5.73 Å². The summed E-state index contributed by atoms with van der Waals surface area (Å²) in [6.45, 7) is 5.70. The fourth-order valence-electron chi connectivity index (χ4n) is 3.34. The van der Waals surface area contributed by atoms with E-state index in [1.54, 1.807) is 0 Å². The molecule has 2 aliphatic heterocycles. The lowest BCUT2D eigenvalue weighted by molar-refractivity contribution is 0.0683. The minimum absolute atomic E-state index is 0.0441. The lowest BCUT2D eigenvalue weighted by Crippen LogP contribution is -2.39. The number of rotatable bonds is 1. The molecule has 5 heteroatoms. The second kappa shape index (κ2) is 5.64. The number of pyridine rings is 1. The maximum Gasteiger partial charge on any atom is 0.257 e. The number of aromatic nitrogens is 1. The number of likely N-dealkylation sites (tertiary alicyclic amines) is 1. The average Bonchev–Trinajstić information content (AvgIpc) is 2.46. The summed E-state index contributed by atoms with van der Waals surface area (Å²) in [4.78, 5) is 21.4. The average molecular weight is 288 g/mol. The summed E-state index contributed by atoms with van der Waals surface area (Å²) >= 11 is 0. The third kappa shape index (κ3) is 2.88. The van der Waals surface area contributed by atoms with Crippen molar-refractivity contribution >= 4 is 11.7 Å². The minimum Gasteiger partial charge on any atom is -0.383 e. The van der Waals surface area contributed by atoms with Crippen LogP contribution >= 0.6 is 0 Å². The van der Waals surface area contributed by atoms with Crippen molar-refractivity contribution in [3.8, 4) is 0 Å². The lowest BCUT2D eigenvalue weighted by atomic mass is 9.98. The zero-order chi connectivity index (χ0) is 15.0.